The Kier molecular flexibility index (Phi) is 7.28. The topological polar surface area (TPSA) is 98.1 Å². The lowest BCUT2D eigenvalue weighted by Crippen LogP contribution is -2.13. The van der Waals surface area contributed by atoms with Gasteiger partial charge in [0.15, 0.2) is 10.8 Å². The maximum atomic E-state index is 13.1. The van der Waals surface area contributed by atoms with Gasteiger partial charge >= 0.3 is 0 Å². The highest BCUT2D eigenvalue weighted by Crippen LogP contribution is 2.34. The summed E-state index contributed by atoms with van der Waals surface area (Å²) < 4.78 is 6.98. The second-order valence-electron chi connectivity index (χ2n) is 8.49. The van der Waals surface area contributed by atoms with Crippen molar-refractivity contribution in [2.24, 2.45) is 0 Å². The Balaban J connectivity index is 1.45. The molecule has 0 bridgehead atoms. The van der Waals surface area contributed by atoms with E-state index in [2.05, 4.69) is 20.7 Å². The van der Waals surface area contributed by atoms with E-state index in [0.717, 1.165) is 21.8 Å². The van der Waals surface area contributed by atoms with E-state index >= 15 is 0 Å². The highest BCUT2D eigenvalue weighted by molar-refractivity contribution is 7.19. The second kappa shape index (κ2) is 11.1. The molecule has 0 unspecified atom stereocenters. The monoisotopic (exact) mass is 523 g/mol. The normalized spacial score (nSPS) is 10.7. The smallest absolute Gasteiger partial charge is 0.276 e. The first-order chi connectivity index (χ1) is 18.5. The van der Waals surface area contributed by atoms with Crippen LogP contribution in [0.3, 0.4) is 0 Å². The third kappa shape index (κ3) is 5.63. The zero-order chi connectivity index (χ0) is 26.5. The van der Waals surface area contributed by atoms with Gasteiger partial charge in [0, 0.05) is 11.3 Å². The first-order valence-electron chi connectivity index (χ1n) is 11.9. The van der Waals surface area contributed by atoms with Crippen LogP contribution in [-0.4, -0.2) is 33.7 Å². The fourth-order valence-electron chi connectivity index (χ4n) is 3.90. The molecular weight excluding hydrogens is 498 g/mol. The third-order valence-electron chi connectivity index (χ3n) is 5.82. The molecule has 8 nitrogen and oxygen atoms in total. The van der Waals surface area contributed by atoms with Crippen LogP contribution in [0.25, 0.3) is 10.6 Å². The van der Waals surface area contributed by atoms with E-state index in [9.17, 15) is 9.59 Å². The van der Waals surface area contributed by atoms with E-state index in [4.69, 9.17) is 4.74 Å². The molecule has 2 amide bonds. The fraction of sp³-hybridized carbons (Fsp3) is 0.103. The molecule has 0 spiro atoms. The van der Waals surface area contributed by atoms with Crippen LogP contribution in [0, 0.1) is 6.92 Å². The minimum atomic E-state index is -0.331. The summed E-state index contributed by atoms with van der Waals surface area (Å²) in [7, 11) is 1.59. The van der Waals surface area contributed by atoms with Crippen LogP contribution in [0.2, 0.25) is 0 Å². The number of anilines is 2. The van der Waals surface area contributed by atoms with Crippen molar-refractivity contribution < 1.29 is 14.3 Å². The molecule has 0 fully saturated rings. The number of hydrogen-bond donors (Lipinski definition) is 2. The summed E-state index contributed by atoms with van der Waals surface area (Å²) >= 11 is 1.34. The van der Waals surface area contributed by atoms with Crippen LogP contribution in [0.4, 0.5) is 10.8 Å². The lowest BCUT2D eigenvalue weighted by molar-refractivity contribution is 0.101. The summed E-state index contributed by atoms with van der Waals surface area (Å²) in [6, 6.07) is 27.7. The number of thiazole rings is 1. The number of nitrogens with one attached hydrogen (secondary N) is 2. The molecule has 5 rings (SSSR count). The zero-order valence-electron chi connectivity index (χ0n) is 20.8. The van der Waals surface area contributed by atoms with Gasteiger partial charge in [-0.05, 0) is 55.0 Å². The molecule has 3 aromatic carbocycles. The molecule has 0 aliphatic rings. The molecule has 38 heavy (non-hydrogen) atoms. The first-order valence-corrected chi connectivity index (χ1v) is 12.7. The Morgan fingerprint density at radius 3 is 2.26 bits per heavy atom. The summed E-state index contributed by atoms with van der Waals surface area (Å²) in [4.78, 5) is 31.2. The molecule has 5 aromatic rings. The molecular formula is C29H25N5O3S. The minimum absolute atomic E-state index is 0.233. The van der Waals surface area contributed by atoms with Gasteiger partial charge in [0.25, 0.3) is 11.8 Å². The Morgan fingerprint density at radius 1 is 0.895 bits per heavy atom. The number of amides is 2. The Bertz CT molecular complexity index is 1560. The minimum Gasteiger partial charge on any atom is -0.497 e. The van der Waals surface area contributed by atoms with E-state index in [-0.39, 0.29) is 17.5 Å². The molecule has 0 radical (unpaired) electrons. The SMILES string of the molecule is COc1ccc(NC(=O)c2cc(-c3sc(NC(=O)c4ccccc4)nc3C)n(Cc3ccccc3)n2)cc1. The number of rotatable bonds is 8. The van der Waals surface area contributed by atoms with Crippen molar-refractivity contribution >= 4 is 34.0 Å². The highest BCUT2D eigenvalue weighted by Gasteiger charge is 2.21. The number of benzene rings is 3. The predicted molar refractivity (Wildman–Crippen MR) is 149 cm³/mol. The van der Waals surface area contributed by atoms with Gasteiger partial charge < -0.3 is 10.1 Å². The van der Waals surface area contributed by atoms with Gasteiger partial charge in [0.2, 0.25) is 0 Å². The molecule has 9 heteroatoms. The lowest BCUT2D eigenvalue weighted by atomic mass is 10.2. The van der Waals surface area contributed by atoms with Crippen LogP contribution in [0.15, 0.2) is 91.0 Å². The van der Waals surface area contributed by atoms with Crippen LogP contribution < -0.4 is 15.4 Å². The van der Waals surface area contributed by atoms with E-state index < -0.39 is 0 Å². The van der Waals surface area contributed by atoms with Crippen molar-refractivity contribution in [1.29, 1.82) is 0 Å². The molecule has 0 saturated carbocycles. The summed E-state index contributed by atoms with van der Waals surface area (Å²) in [5.74, 6) is 0.138. The van der Waals surface area contributed by atoms with Gasteiger partial charge in [-0.25, -0.2) is 4.98 Å². The zero-order valence-corrected chi connectivity index (χ0v) is 21.7. The van der Waals surface area contributed by atoms with Gasteiger partial charge in [-0.15, -0.1) is 0 Å². The van der Waals surface area contributed by atoms with Crippen LogP contribution >= 0.6 is 11.3 Å². The van der Waals surface area contributed by atoms with Crippen molar-refractivity contribution in [1.82, 2.24) is 14.8 Å². The van der Waals surface area contributed by atoms with Gasteiger partial charge in [-0.1, -0.05) is 59.9 Å². The largest absolute Gasteiger partial charge is 0.497 e. The maximum Gasteiger partial charge on any atom is 0.276 e. The van der Waals surface area contributed by atoms with Crippen LogP contribution in [0.5, 0.6) is 5.75 Å². The molecule has 0 aliphatic carbocycles. The Labute approximate surface area is 223 Å². The van der Waals surface area contributed by atoms with Crippen molar-refractivity contribution in [3.63, 3.8) is 0 Å². The van der Waals surface area contributed by atoms with Crippen molar-refractivity contribution in [2.45, 2.75) is 13.5 Å². The quantitative estimate of drug-likeness (QED) is 0.265. The number of methoxy groups -OCH3 is 1. The van der Waals surface area contributed by atoms with E-state index in [1.54, 1.807) is 54.3 Å². The second-order valence-corrected chi connectivity index (χ2v) is 9.49. The number of nitrogens with zero attached hydrogens (tertiary/aromatic N) is 3. The van der Waals surface area contributed by atoms with Crippen LogP contribution in [0.1, 0.15) is 32.1 Å². The van der Waals surface area contributed by atoms with E-state index in [1.807, 2.05) is 55.5 Å². The van der Waals surface area contributed by atoms with E-state index in [1.165, 1.54) is 11.3 Å². The van der Waals surface area contributed by atoms with Gasteiger partial charge in [-0.2, -0.15) is 5.10 Å². The number of hydrogen-bond acceptors (Lipinski definition) is 6. The lowest BCUT2D eigenvalue weighted by Gasteiger charge is -2.07. The third-order valence-corrected chi connectivity index (χ3v) is 6.92. The number of carbonyl (C=O) groups is 2. The summed E-state index contributed by atoms with van der Waals surface area (Å²) in [6.45, 7) is 2.34. The summed E-state index contributed by atoms with van der Waals surface area (Å²) in [6.07, 6.45) is 0. The first kappa shape index (κ1) is 24.9. The average molecular weight is 524 g/mol. The van der Waals surface area contributed by atoms with E-state index in [0.29, 0.717) is 28.7 Å². The van der Waals surface area contributed by atoms with Crippen molar-refractivity contribution in [3.05, 3.63) is 114 Å². The Hall–Kier alpha value is -4.76. The molecule has 190 valence electrons. The summed E-state index contributed by atoms with van der Waals surface area (Å²) in [5, 5.41) is 10.9. The molecule has 0 atom stereocenters. The Morgan fingerprint density at radius 2 is 1.58 bits per heavy atom. The molecule has 0 saturated heterocycles. The molecule has 2 heterocycles. The number of carbonyl (C=O) groups excluding carboxylic acids is 2. The van der Waals surface area contributed by atoms with Gasteiger partial charge in [0.1, 0.15) is 5.75 Å². The average Bonchev–Trinajstić information content (AvgIpc) is 3.52. The van der Waals surface area contributed by atoms with Gasteiger partial charge in [0.05, 0.1) is 29.9 Å². The van der Waals surface area contributed by atoms with Crippen molar-refractivity contribution in [2.75, 3.05) is 17.7 Å². The van der Waals surface area contributed by atoms with Gasteiger partial charge in [-0.3, -0.25) is 19.6 Å². The van der Waals surface area contributed by atoms with Crippen LogP contribution in [-0.2, 0) is 6.54 Å². The summed E-state index contributed by atoms with van der Waals surface area (Å²) in [5.41, 5.74) is 3.97. The molecule has 2 N–H and O–H groups in total. The number of ether oxygens (including phenoxy) is 1. The molecule has 0 aliphatic heterocycles. The van der Waals surface area contributed by atoms with Crippen molar-refractivity contribution in [3.8, 4) is 16.3 Å². The predicted octanol–water partition coefficient (Wildman–Crippen LogP) is 5.88. The molecule has 2 aromatic heterocycles. The highest BCUT2D eigenvalue weighted by atomic mass is 32.1. The maximum absolute atomic E-state index is 13.1. The number of aromatic nitrogens is 3. The fourth-order valence-corrected chi connectivity index (χ4v) is 4.89. The standard InChI is InChI=1S/C29H25N5O3S/c1-19-26(38-29(30-19)32-27(35)21-11-7-4-8-12-21)25-17-24(33-34(25)18-20-9-5-3-6-10-20)28(36)31-22-13-15-23(37-2)16-14-22/h3-17H,18H2,1-2H3,(H,31,36)(H,30,32,35). The number of aryl methyl sites for hydroxylation is 1.